The molecule has 4 N–H and O–H groups in total. The summed E-state index contributed by atoms with van der Waals surface area (Å²) in [6.07, 6.45) is 9.96. The molecule has 1 fully saturated rings. The number of thiazole rings is 1. The van der Waals surface area contributed by atoms with Crippen LogP contribution in [0.15, 0.2) is 34.5 Å². The monoisotopic (exact) mass is 541 g/mol. The van der Waals surface area contributed by atoms with E-state index < -0.39 is 0 Å². The molecule has 11 heteroatoms. The molecule has 4 atom stereocenters. The smallest absolute Gasteiger partial charge is 0.243 e. The highest BCUT2D eigenvalue weighted by Crippen LogP contribution is 2.33. The highest BCUT2D eigenvalue weighted by atomic mass is 32.2. The summed E-state index contributed by atoms with van der Waals surface area (Å²) in [6.45, 7) is 6.88. The molecule has 3 unspecified atom stereocenters. The van der Waals surface area contributed by atoms with E-state index in [1.54, 1.807) is 24.0 Å². The fraction of sp³-hybridized carbons (Fsp3) is 0.625. The molecule has 8 nitrogen and oxygen atoms in total. The highest BCUT2D eigenvalue weighted by Gasteiger charge is 2.28. The molecule has 2 rings (SSSR count). The number of anilines is 1. The number of carbonyl (C=O) groups excluding carboxylic acids is 2. The van der Waals surface area contributed by atoms with Gasteiger partial charge in [0.1, 0.15) is 11.6 Å². The van der Waals surface area contributed by atoms with Gasteiger partial charge in [-0.15, -0.1) is 11.8 Å². The van der Waals surface area contributed by atoms with Crippen LogP contribution in [0, 0.1) is 11.3 Å². The van der Waals surface area contributed by atoms with Gasteiger partial charge in [0.15, 0.2) is 5.13 Å². The van der Waals surface area contributed by atoms with Gasteiger partial charge in [-0.05, 0) is 33.4 Å². The third-order valence-electron chi connectivity index (χ3n) is 5.40. The fourth-order valence-electron chi connectivity index (χ4n) is 3.60. The van der Waals surface area contributed by atoms with Crippen LogP contribution in [-0.4, -0.2) is 60.0 Å². The predicted molar refractivity (Wildman–Crippen MR) is 149 cm³/mol. The Hall–Kier alpha value is -1.61. The molecule has 1 aliphatic rings. The summed E-state index contributed by atoms with van der Waals surface area (Å²) < 4.78 is 6.97. The van der Waals surface area contributed by atoms with Gasteiger partial charge in [0, 0.05) is 41.9 Å². The van der Waals surface area contributed by atoms with Crippen molar-refractivity contribution in [3.63, 3.8) is 0 Å². The Labute approximate surface area is 220 Å². The molecule has 1 aliphatic carbocycles. The number of likely N-dealkylation sites (N-methyl/N-ethyl adjacent to an activating group) is 1. The van der Waals surface area contributed by atoms with E-state index in [2.05, 4.69) is 45.6 Å². The van der Waals surface area contributed by atoms with Crippen LogP contribution in [0.25, 0.3) is 0 Å². The van der Waals surface area contributed by atoms with E-state index in [4.69, 9.17) is 10.5 Å². The number of hydrogen-bond donors (Lipinski definition) is 3. The minimum absolute atomic E-state index is 0.0120. The number of hydrogen-bond acceptors (Lipinski definition) is 8. The molecule has 1 aromatic heterocycles. The molecule has 0 bridgehead atoms. The molecule has 0 aliphatic heterocycles. The van der Waals surface area contributed by atoms with Crippen LogP contribution in [0.5, 0.6) is 0 Å². The molecule has 0 spiro atoms. The maximum atomic E-state index is 12.8. The minimum Gasteiger partial charge on any atom is -0.488 e. The first kappa shape index (κ1) is 29.6. The van der Waals surface area contributed by atoms with Crippen molar-refractivity contribution in [3.05, 3.63) is 30.3 Å². The van der Waals surface area contributed by atoms with Gasteiger partial charge in [0.25, 0.3) is 0 Å². The molecular formula is C24H40N5O3PS2. The third kappa shape index (κ3) is 10.9. The zero-order valence-corrected chi connectivity index (χ0v) is 24.2. The van der Waals surface area contributed by atoms with E-state index in [0.29, 0.717) is 23.8 Å². The van der Waals surface area contributed by atoms with Crippen LogP contribution in [0.4, 0.5) is 5.13 Å². The topological polar surface area (TPSA) is 110 Å². The highest BCUT2D eigenvalue weighted by molar-refractivity contribution is 8.01. The average molecular weight is 542 g/mol. The van der Waals surface area contributed by atoms with Crippen LogP contribution in [0.2, 0.25) is 0 Å². The molecule has 1 aromatic rings. The summed E-state index contributed by atoms with van der Waals surface area (Å²) in [7, 11) is 6.60. The van der Waals surface area contributed by atoms with Crippen LogP contribution >= 0.6 is 32.3 Å². The molecule has 35 heavy (non-hydrogen) atoms. The summed E-state index contributed by atoms with van der Waals surface area (Å²) >= 11 is 3.08. The summed E-state index contributed by atoms with van der Waals surface area (Å²) in [4.78, 5) is 31.3. The van der Waals surface area contributed by atoms with Crippen molar-refractivity contribution >= 4 is 49.3 Å². The zero-order valence-electron chi connectivity index (χ0n) is 21.4. The fourth-order valence-corrected chi connectivity index (χ4v) is 5.79. The first-order valence-corrected chi connectivity index (χ1v) is 14.3. The summed E-state index contributed by atoms with van der Waals surface area (Å²) in [5.74, 6) is 1.09. The molecule has 196 valence electrons. The Balaban J connectivity index is 1.80. The van der Waals surface area contributed by atoms with Gasteiger partial charge in [-0.1, -0.05) is 53.8 Å². The standard InChI is InChI=1S/C24H40N5O3PS2/c1-24(2,3)18(13-25)32-20(33)15-34-21-14-26-23(35-21)28-22(31)16-8-6-9-17(12-16)27-19(30)10-7-11-29(4)5/h7,10,13-14,16-17,20H,6,8-9,11-12,15,25,33H2,1-5H3,(H,27,30)(H,26,28,31)/b10-7+,18-13-/t16?,17?,20-/m1/s1. The zero-order chi connectivity index (χ0) is 26.0. The van der Waals surface area contributed by atoms with Crippen molar-refractivity contribution in [1.29, 1.82) is 0 Å². The summed E-state index contributed by atoms with van der Waals surface area (Å²) in [5, 5.41) is 6.59. The van der Waals surface area contributed by atoms with Crippen LogP contribution in [0.1, 0.15) is 46.5 Å². The van der Waals surface area contributed by atoms with Gasteiger partial charge in [-0.2, -0.15) is 0 Å². The Bertz CT molecular complexity index is 898. The molecule has 0 saturated heterocycles. The van der Waals surface area contributed by atoms with E-state index in [-0.39, 0.29) is 35.0 Å². The van der Waals surface area contributed by atoms with Gasteiger partial charge in [0.05, 0.1) is 10.4 Å². The van der Waals surface area contributed by atoms with Crippen molar-refractivity contribution in [2.24, 2.45) is 17.1 Å². The number of nitrogens with one attached hydrogen (secondary N) is 2. The van der Waals surface area contributed by atoms with E-state index >= 15 is 0 Å². The molecule has 1 saturated carbocycles. The largest absolute Gasteiger partial charge is 0.488 e. The molecule has 2 amide bonds. The lowest BCUT2D eigenvalue weighted by atomic mass is 9.85. The molecule has 0 aromatic carbocycles. The normalized spacial score (nSPS) is 20.1. The summed E-state index contributed by atoms with van der Waals surface area (Å²) in [5.41, 5.74) is 5.56. The maximum absolute atomic E-state index is 12.8. The number of carbonyl (C=O) groups is 2. The Morgan fingerprint density at radius 3 is 2.80 bits per heavy atom. The number of ether oxygens (including phenoxy) is 1. The SMILES string of the molecule is CN(C)C/C=C/C(=O)NC1CCCC(C(=O)Nc2ncc(SC[C@@H](P)O/C(=C\N)C(C)(C)C)s2)C1. The lowest BCUT2D eigenvalue weighted by Crippen LogP contribution is -2.40. The van der Waals surface area contributed by atoms with Crippen LogP contribution < -0.4 is 16.4 Å². The van der Waals surface area contributed by atoms with Crippen molar-refractivity contribution in [3.8, 4) is 0 Å². The average Bonchev–Trinajstić information content (AvgIpc) is 3.22. The van der Waals surface area contributed by atoms with Crippen LogP contribution in [0.3, 0.4) is 0 Å². The van der Waals surface area contributed by atoms with Crippen molar-refractivity contribution < 1.29 is 14.3 Å². The van der Waals surface area contributed by atoms with Crippen LogP contribution in [-0.2, 0) is 14.3 Å². The number of allylic oxidation sites excluding steroid dienone is 1. The first-order valence-electron chi connectivity index (χ1n) is 11.8. The number of nitrogens with zero attached hydrogens (tertiary/aromatic N) is 2. The van der Waals surface area contributed by atoms with E-state index in [1.165, 1.54) is 17.5 Å². The number of thioether (sulfide) groups is 1. The third-order valence-corrected chi connectivity index (χ3v) is 8.31. The lowest BCUT2D eigenvalue weighted by Gasteiger charge is -2.28. The predicted octanol–water partition coefficient (Wildman–Crippen LogP) is 4.03. The number of amides is 2. The van der Waals surface area contributed by atoms with Crippen molar-refractivity contribution in [2.75, 3.05) is 31.7 Å². The number of rotatable bonds is 11. The Morgan fingerprint density at radius 2 is 2.14 bits per heavy atom. The lowest BCUT2D eigenvalue weighted by molar-refractivity contribution is -0.122. The van der Waals surface area contributed by atoms with E-state index in [0.717, 1.165) is 29.2 Å². The van der Waals surface area contributed by atoms with Gasteiger partial charge in [-0.25, -0.2) is 4.98 Å². The molecule has 1 heterocycles. The second-order valence-corrected chi connectivity index (χ2v) is 13.1. The second kappa shape index (κ2) is 14.2. The van der Waals surface area contributed by atoms with Gasteiger partial charge >= 0.3 is 0 Å². The number of aromatic nitrogens is 1. The summed E-state index contributed by atoms with van der Waals surface area (Å²) in [6, 6.07) is 0.0120. The minimum atomic E-state index is -0.153. The second-order valence-electron chi connectivity index (χ2n) is 9.96. The quantitative estimate of drug-likeness (QED) is 0.168. The molecular weight excluding hydrogens is 501 g/mol. The van der Waals surface area contributed by atoms with Crippen molar-refractivity contribution in [2.45, 2.75) is 62.6 Å². The van der Waals surface area contributed by atoms with Gasteiger partial charge in [0.2, 0.25) is 11.8 Å². The van der Waals surface area contributed by atoms with Gasteiger partial charge in [-0.3, -0.25) is 9.59 Å². The van der Waals surface area contributed by atoms with E-state index in [1.807, 2.05) is 25.1 Å². The Kier molecular flexibility index (Phi) is 12.0. The van der Waals surface area contributed by atoms with E-state index in [9.17, 15) is 9.59 Å². The first-order chi connectivity index (χ1) is 16.5. The van der Waals surface area contributed by atoms with Crippen molar-refractivity contribution in [1.82, 2.24) is 15.2 Å². The van der Waals surface area contributed by atoms with Gasteiger partial charge < -0.3 is 26.0 Å². The number of nitrogens with two attached hydrogens (primary N) is 1. The Morgan fingerprint density at radius 1 is 1.40 bits per heavy atom. The maximum Gasteiger partial charge on any atom is 0.243 e. The molecule has 0 radical (unpaired) electrons.